The zero-order valence-corrected chi connectivity index (χ0v) is 17.0. The molecule has 0 amide bonds. The molecule has 22 heavy (non-hydrogen) atoms. The average Bonchev–Trinajstić information content (AvgIpc) is 2.88. The molecule has 1 rings (SSSR count). The number of aryl methyl sites for hydroxylation is 1. The van der Waals surface area contributed by atoms with Gasteiger partial charge in [-0.3, -0.25) is 4.99 Å². The molecule has 0 spiro atoms. The van der Waals surface area contributed by atoms with Gasteiger partial charge in [0.2, 0.25) is 0 Å². The van der Waals surface area contributed by atoms with E-state index in [0.29, 0.717) is 18.0 Å². The summed E-state index contributed by atoms with van der Waals surface area (Å²) >= 11 is 0. The Kier molecular flexibility index (Phi) is 9.71. The molecule has 0 aromatic carbocycles. The van der Waals surface area contributed by atoms with Gasteiger partial charge in [0.25, 0.3) is 0 Å². The van der Waals surface area contributed by atoms with Gasteiger partial charge < -0.3 is 15.2 Å². The Balaban J connectivity index is 0.00000441. The van der Waals surface area contributed by atoms with E-state index in [2.05, 4.69) is 55.4 Å². The molecule has 1 unspecified atom stereocenters. The van der Waals surface area contributed by atoms with E-state index in [4.69, 9.17) is 4.52 Å². The van der Waals surface area contributed by atoms with Gasteiger partial charge >= 0.3 is 0 Å². The van der Waals surface area contributed by atoms with E-state index in [9.17, 15) is 0 Å². The van der Waals surface area contributed by atoms with Gasteiger partial charge in [0.1, 0.15) is 0 Å². The van der Waals surface area contributed by atoms with Gasteiger partial charge in [0, 0.05) is 19.2 Å². The molecule has 1 heterocycles. The summed E-state index contributed by atoms with van der Waals surface area (Å²) in [5, 5.41) is 10.6. The van der Waals surface area contributed by atoms with E-state index in [0.717, 1.165) is 30.3 Å². The van der Waals surface area contributed by atoms with Crippen molar-refractivity contribution < 1.29 is 4.52 Å². The normalized spacial score (nSPS) is 13.5. The fourth-order valence-corrected chi connectivity index (χ4v) is 1.93. The first kappa shape index (κ1) is 21.2. The minimum absolute atomic E-state index is 0. The highest BCUT2D eigenvalue weighted by atomic mass is 127. The van der Waals surface area contributed by atoms with Gasteiger partial charge in [-0.25, -0.2) is 0 Å². The Morgan fingerprint density at radius 3 is 2.59 bits per heavy atom. The summed E-state index contributed by atoms with van der Waals surface area (Å²) < 4.78 is 5.25. The molecule has 0 saturated carbocycles. The maximum atomic E-state index is 5.25. The van der Waals surface area contributed by atoms with Crippen LogP contribution in [0, 0.1) is 5.41 Å². The summed E-state index contributed by atoms with van der Waals surface area (Å²) in [7, 11) is 1.78. The molecule has 0 bridgehead atoms. The van der Waals surface area contributed by atoms with Crippen LogP contribution in [0.2, 0.25) is 0 Å². The van der Waals surface area contributed by atoms with Crippen molar-refractivity contribution in [3.63, 3.8) is 0 Å². The standard InChI is InChI=1S/C16H30N4O.HI/c1-7-13-10-14(21-20-13)11-18-15(17-6)19-12(2)8-9-16(3,4)5;/h10,12H,7-9,11H2,1-6H3,(H2,17,18,19);1H. The Bertz CT molecular complexity index is 451. The number of halogens is 1. The van der Waals surface area contributed by atoms with E-state index in [1.54, 1.807) is 7.05 Å². The van der Waals surface area contributed by atoms with Crippen LogP contribution in [0.3, 0.4) is 0 Å². The van der Waals surface area contributed by atoms with Gasteiger partial charge in [-0.2, -0.15) is 0 Å². The maximum Gasteiger partial charge on any atom is 0.191 e. The van der Waals surface area contributed by atoms with Crippen molar-refractivity contribution in [3.8, 4) is 0 Å². The average molecular weight is 422 g/mol. The molecule has 0 aliphatic heterocycles. The molecule has 1 aromatic heterocycles. The van der Waals surface area contributed by atoms with Gasteiger partial charge in [0.05, 0.1) is 12.2 Å². The smallest absolute Gasteiger partial charge is 0.191 e. The zero-order valence-electron chi connectivity index (χ0n) is 14.7. The summed E-state index contributed by atoms with van der Waals surface area (Å²) in [6, 6.07) is 2.36. The number of aliphatic imine (C=N–C) groups is 1. The van der Waals surface area contributed by atoms with E-state index in [1.807, 2.05) is 6.07 Å². The molecular weight excluding hydrogens is 391 g/mol. The van der Waals surface area contributed by atoms with Gasteiger partial charge in [-0.1, -0.05) is 32.9 Å². The number of nitrogens with zero attached hydrogens (tertiary/aromatic N) is 2. The van der Waals surface area contributed by atoms with E-state index >= 15 is 0 Å². The fraction of sp³-hybridized carbons (Fsp3) is 0.750. The van der Waals surface area contributed by atoms with Gasteiger partial charge in [0.15, 0.2) is 11.7 Å². The van der Waals surface area contributed by atoms with Crippen LogP contribution in [0.5, 0.6) is 0 Å². The first-order chi connectivity index (χ1) is 9.84. The van der Waals surface area contributed by atoms with E-state index < -0.39 is 0 Å². The summed E-state index contributed by atoms with van der Waals surface area (Å²) in [6.45, 7) is 11.6. The van der Waals surface area contributed by atoms with E-state index in [-0.39, 0.29) is 24.0 Å². The summed E-state index contributed by atoms with van der Waals surface area (Å²) in [6.07, 6.45) is 3.19. The minimum atomic E-state index is 0. The van der Waals surface area contributed by atoms with Crippen LogP contribution in [0.15, 0.2) is 15.6 Å². The van der Waals surface area contributed by atoms with Crippen molar-refractivity contribution in [2.24, 2.45) is 10.4 Å². The third-order valence-corrected chi connectivity index (χ3v) is 3.33. The molecule has 5 nitrogen and oxygen atoms in total. The molecule has 6 heteroatoms. The Hall–Kier alpha value is -0.790. The van der Waals surface area contributed by atoms with Crippen LogP contribution >= 0.6 is 24.0 Å². The number of rotatable bonds is 6. The molecule has 1 aromatic rings. The lowest BCUT2D eigenvalue weighted by atomic mass is 9.89. The largest absolute Gasteiger partial charge is 0.359 e. The number of nitrogens with one attached hydrogen (secondary N) is 2. The summed E-state index contributed by atoms with van der Waals surface area (Å²) in [4.78, 5) is 4.25. The van der Waals surface area contributed by atoms with Gasteiger partial charge in [-0.05, 0) is 31.6 Å². The predicted octanol–water partition coefficient (Wildman–Crippen LogP) is 3.73. The molecule has 0 fully saturated rings. The second kappa shape index (κ2) is 10.1. The molecule has 0 saturated heterocycles. The number of hydrogen-bond acceptors (Lipinski definition) is 3. The van der Waals surface area contributed by atoms with E-state index in [1.165, 1.54) is 6.42 Å². The summed E-state index contributed by atoms with van der Waals surface area (Å²) in [5.41, 5.74) is 1.34. The number of guanidine groups is 1. The van der Waals surface area contributed by atoms with Crippen LogP contribution < -0.4 is 10.6 Å². The monoisotopic (exact) mass is 422 g/mol. The maximum absolute atomic E-state index is 5.25. The van der Waals surface area contributed by atoms with Crippen molar-refractivity contribution >= 4 is 29.9 Å². The SMILES string of the molecule is CCc1cc(CNC(=NC)NC(C)CCC(C)(C)C)on1.I. The highest BCUT2D eigenvalue weighted by Gasteiger charge is 2.13. The Morgan fingerprint density at radius 2 is 2.09 bits per heavy atom. The zero-order chi connectivity index (χ0) is 15.9. The predicted molar refractivity (Wildman–Crippen MR) is 103 cm³/mol. The number of aromatic nitrogens is 1. The fourth-order valence-electron chi connectivity index (χ4n) is 1.93. The molecule has 0 aliphatic rings. The summed E-state index contributed by atoms with van der Waals surface area (Å²) in [5.74, 6) is 1.63. The van der Waals surface area contributed by atoms with Crippen LogP contribution in [0.4, 0.5) is 0 Å². The molecule has 2 N–H and O–H groups in total. The first-order valence-electron chi connectivity index (χ1n) is 7.75. The highest BCUT2D eigenvalue weighted by molar-refractivity contribution is 14.0. The van der Waals surface area contributed by atoms with Crippen LogP contribution in [-0.4, -0.2) is 24.2 Å². The molecule has 0 aliphatic carbocycles. The minimum Gasteiger partial charge on any atom is -0.359 e. The lowest BCUT2D eigenvalue weighted by Gasteiger charge is -2.22. The molecule has 128 valence electrons. The first-order valence-corrected chi connectivity index (χ1v) is 7.75. The van der Waals surface area contributed by atoms with Crippen molar-refractivity contribution in [1.29, 1.82) is 0 Å². The topological polar surface area (TPSA) is 62.5 Å². The molecular formula is C16H31IN4O. The van der Waals surface area contributed by atoms with Crippen LogP contribution in [0.25, 0.3) is 0 Å². The second-order valence-electron chi connectivity index (χ2n) is 6.71. The third-order valence-electron chi connectivity index (χ3n) is 3.33. The Labute approximate surface area is 151 Å². The van der Waals surface area contributed by atoms with Crippen LogP contribution in [0.1, 0.15) is 58.9 Å². The Morgan fingerprint density at radius 1 is 1.41 bits per heavy atom. The lowest BCUT2D eigenvalue weighted by Crippen LogP contribution is -2.42. The van der Waals surface area contributed by atoms with Crippen molar-refractivity contribution in [1.82, 2.24) is 15.8 Å². The quantitative estimate of drug-likeness (QED) is 0.417. The van der Waals surface area contributed by atoms with Crippen molar-refractivity contribution in [3.05, 3.63) is 17.5 Å². The van der Waals surface area contributed by atoms with Gasteiger partial charge in [-0.15, -0.1) is 24.0 Å². The highest BCUT2D eigenvalue weighted by Crippen LogP contribution is 2.21. The lowest BCUT2D eigenvalue weighted by molar-refractivity contribution is 0.345. The third kappa shape index (κ3) is 8.60. The van der Waals surface area contributed by atoms with Crippen LogP contribution in [-0.2, 0) is 13.0 Å². The second-order valence-corrected chi connectivity index (χ2v) is 6.71. The number of hydrogen-bond donors (Lipinski definition) is 2. The molecule has 0 radical (unpaired) electrons. The van der Waals surface area contributed by atoms with Crippen molar-refractivity contribution in [2.45, 2.75) is 66.5 Å². The van der Waals surface area contributed by atoms with Crippen molar-refractivity contribution in [2.75, 3.05) is 7.05 Å². The molecule has 1 atom stereocenters.